The monoisotopic (exact) mass is 446 g/mol. The van der Waals surface area contributed by atoms with Crippen LogP contribution in [0.25, 0.3) is 10.1 Å². The van der Waals surface area contributed by atoms with Crippen LogP contribution in [-0.2, 0) is 10.0 Å². The highest BCUT2D eigenvalue weighted by molar-refractivity contribution is 7.93. The smallest absolute Gasteiger partial charge is 0.267 e. The quantitative estimate of drug-likeness (QED) is 0.535. The summed E-state index contributed by atoms with van der Waals surface area (Å²) in [5.41, 5.74) is 1.35. The molecule has 0 aliphatic carbocycles. The number of nitrogens with zero attached hydrogens (tertiary/aromatic N) is 2. The summed E-state index contributed by atoms with van der Waals surface area (Å²) in [6.07, 6.45) is 0. The van der Waals surface area contributed by atoms with E-state index in [1.807, 2.05) is 39.0 Å². The molecule has 1 amide bonds. The number of ether oxygens (including phenoxy) is 1. The molecule has 2 aromatic carbocycles. The molecule has 0 aliphatic heterocycles. The molecule has 1 aromatic heterocycles. The number of anilines is 1. The third-order valence-electron chi connectivity index (χ3n) is 5.08. The second-order valence-electron chi connectivity index (χ2n) is 6.94. The van der Waals surface area contributed by atoms with Gasteiger partial charge < -0.3 is 9.64 Å². The van der Waals surface area contributed by atoms with Gasteiger partial charge in [-0.1, -0.05) is 6.07 Å². The van der Waals surface area contributed by atoms with E-state index in [4.69, 9.17) is 4.74 Å². The zero-order valence-electron chi connectivity index (χ0n) is 17.8. The standard InChI is InChI=1S/C22H26N2O4S2/c1-6-24(7-2)22(25)20-14-16-13-17(9-11-19(16)29-20)23(4)30(26,27)21-12-15(3)8-10-18(21)28-5/h8-14H,6-7H2,1-5H3. The first-order chi connectivity index (χ1) is 14.2. The lowest BCUT2D eigenvalue weighted by molar-refractivity contribution is 0.0778. The van der Waals surface area contributed by atoms with E-state index in [0.29, 0.717) is 29.4 Å². The van der Waals surface area contributed by atoms with Gasteiger partial charge in [0.25, 0.3) is 15.9 Å². The summed E-state index contributed by atoms with van der Waals surface area (Å²) >= 11 is 1.42. The van der Waals surface area contributed by atoms with Gasteiger partial charge in [0, 0.05) is 24.8 Å². The fraction of sp³-hybridized carbons (Fsp3) is 0.318. The van der Waals surface area contributed by atoms with E-state index in [2.05, 4.69) is 0 Å². The molecule has 0 N–H and O–H groups in total. The minimum absolute atomic E-state index is 0.00627. The number of hydrogen-bond donors (Lipinski definition) is 0. The van der Waals surface area contributed by atoms with Crippen molar-refractivity contribution < 1.29 is 17.9 Å². The Kier molecular flexibility index (Phi) is 6.38. The summed E-state index contributed by atoms with van der Waals surface area (Å²) in [5.74, 6) is 0.296. The molecule has 0 unspecified atom stereocenters. The number of rotatable bonds is 7. The van der Waals surface area contributed by atoms with Crippen LogP contribution in [0.4, 0.5) is 5.69 Å². The van der Waals surface area contributed by atoms with Gasteiger partial charge in [-0.05, 0) is 68.1 Å². The number of benzene rings is 2. The Morgan fingerprint density at radius 3 is 2.40 bits per heavy atom. The molecule has 3 aromatic rings. The van der Waals surface area contributed by atoms with Crippen molar-refractivity contribution in [1.82, 2.24) is 4.90 Å². The number of fused-ring (bicyclic) bond motifs is 1. The normalized spacial score (nSPS) is 11.5. The Labute approximate surface area is 181 Å². The highest BCUT2D eigenvalue weighted by Gasteiger charge is 2.26. The van der Waals surface area contributed by atoms with Crippen LogP contribution in [0, 0.1) is 6.92 Å². The second kappa shape index (κ2) is 8.65. The van der Waals surface area contributed by atoms with E-state index in [-0.39, 0.29) is 10.8 Å². The molecule has 3 rings (SSSR count). The zero-order valence-corrected chi connectivity index (χ0v) is 19.4. The minimum Gasteiger partial charge on any atom is -0.495 e. The van der Waals surface area contributed by atoms with Crippen LogP contribution >= 0.6 is 11.3 Å². The Morgan fingerprint density at radius 1 is 1.07 bits per heavy atom. The number of methoxy groups -OCH3 is 1. The molecule has 8 heteroatoms. The van der Waals surface area contributed by atoms with Crippen LogP contribution in [0.3, 0.4) is 0 Å². The predicted octanol–water partition coefficient (Wildman–Crippen LogP) is 4.53. The number of carbonyl (C=O) groups excluding carboxylic acids is 1. The summed E-state index contributed by atoms with van der Waals surface area (Å²) < 4.78 is 34.0. The van der Waals surface area contributed by atoms with Crippen LogP contribution < -0.4 is 9.04 Å². The lowest BCUT2D eigenvalue weighted by Gasteiger charge is -2.21. The largest absolute Gasteiger partial charge is 0.495 e. The molecule has 30 heavy (non-hydrogen) atoms. The van der Waals surface area contributed by atoms with Gasteiger partial charge in [-0.2, -0.15) is 0 Å². The molecule has 0 atom stereocenters. The molecule has 0 aliphatic rings. The average molecular weight is 447 g/mol. The Morgan fingerprint density at radius 2 is 1.77 bits per heavy atom. The van der Waals surface area contributed by atoms with Gasteiger partial charge in [-0.15, -0.1) is 11.3 Å². The summed E-state index contributed by atoms with van der Waals surface area (Å²) in [7, 11) is -0.846. The van der Waals surface area contributed by atoms with E-state index in [1.165, 1.54) is 29.8 Å². The third-order valence-corrected chi connectivity index (χ3v) is 7.99. The molecule has 1 heterocycles. The summed E-state index contributed by atoms with van der Waals surface area (Å²) in [5, 5.41) is 0.839. The maximum atomic E-state index is 13.3. The Bertz CT molecular complexity index is 1180. The van der Waals surface area contributed by atoms with E-state index in [0.717, 1.165) is 15.6 Å². The zero-order chi connectivity index (χ0) is 22.1. The molecule has 0 bridgehead atoms. The molecular weight excluding hydrogens is 420 g/mol. The third kappa shape index (κ3) is 4.02. The van der Waals surface area contributed by atoms with Crippen molar-refractivity contribution in [3.63, 3.8) is 0 Å². The van der Waals surface area contributed by atoms with Crippen LogP contribution in [0.15, 0.2) is 47.4 Å². The van der Waals surface area contributed by atoms with Crippen LogP contribution in [0.5, 0.6) is 5.75 Å². The maximum absolute atomic E-state index is 13.3. The fourth-order valence-corrected chi connectivity index (χ4v) is 5.71. The van der Waals surface area contributed by atoms with E-state index < -0.39 is 10.0 Å². The number of carbonyl (C=O) groups is 1. The first kappa shape index (κ1) is 22.1. The van der Waals surface area contributed by atoms with Gasteiger partial charge in [-0.25, -0.2) is 8.42 Å². The van der Waals surface area contributed by atoms with Crippen molar-refractivity contribution in [1.29, 1.82) is 0 Å². The summed E-state index contributed by atoms with van der Waals surface area (Å²) in [6, 6.07) is 12.3. The number of amides is 1. The molecule has 160 valence electrons. The molecule has 0 saturated heterocycles. The van der Waals surface area contributed by atoms with Gasteiger partial charge in [0.1, 0.15) is 10.6 Å². The van der Waals surface area contributed by atoms with Crippen LogP contribution in [-0.4, -0.2) is 46.5 Å². The van der Waals surface area contributed by atoms with Crippen molar-refractivity contribution >= 4 is 43.0 Å². The Balaban J connectivity index is 2.00. The molecule has 0 spiro atoms. The topological polar surface area (TPSA) is 66.9 Å². The Hall–Kier alpha value is -2.58. The summed E-state index contributed by atoms with van der Waals surface area (Å²) in [4.78, 5) is 15.2. The summed E-state index contributed by atoms with van der Waals surface area (Å²) in [6.45, 7) is 7.03. The first-order valence-electron chi connectivity index (χ1n) is 9.69. The van der Waals surface area contributed by atoms with Gasteiger partial charge in [-0.3, -0.25) is 9.10 Å². The number of hydrogen-bond acceptors (Lipinski definition) is 5. The minimum atomic E-state index is -3.82. The second-order valence-corrected chi connectivity index (χ2v) is 9.96. The van der Waals surface area contributed by atoms with E-state index >= 15 is 0 Å². The highest BCUT2D eigenvalue weighted by atomic mass is 32.2. The van der Waals surface area contributed by atoms with Crippen molar-refractivity contribution in [2.45, 2.75) is 25.7 Å². The lowest BCUT2D eigenvalue weighted by Crippen LogP contribution is -2.29. The number of aryl methyl sites for hydroxylation is 1. The molecule has 0 radical (unpaired) electrons. The SMILES string of the molecule is CCN(CC)C(=O)c1cc2cc(N(C)S(=O)(=O)c3cc(C)ccc3OC)ccc2s1. The van der Waals surface area contributed by atoms with Crippen LogP contribution in [0.1, 0.15) is 29.1 Å². The molecular formula is C22H26N2O4S2. The maximum Gasteiger partial charge on any atom is 0.267 e. The average Bonchev–Trinajstić information content (AvgIpc) is 3.17. The van der Waals surface area contributed by atoms with Crippen molar-refractivity contribution in [3.05, 3.63) is 52.9 Å². The van der Waals surface area contributed by atoms with Crippen molar-refractivity contribution in [3.8, 4) is 5.75 Å². The lowest BCUT2D eigenvalue weighted by atomic mass is 10.2. The van der Waals surface area contributed by atoms with Gasteiger partial charge in [0.05, 0.1) is 17.7 Å². The van der Waals surface area contributed by atoms with Crippen LogP contribution in [0.2, 0.25) is 0 Å². The van der Waals surface area contributed by atoms with Gasteiger partial charge in [0.15, 0.2) is 0 Å². The fourth-order valence-electron chi connectivity index (χ4n) is 3.27. The number of thiophene rings is 1. The molecule has 0 saturated carbocycles. The van der Waals surface area contributed by atoms with Gasteiger partial charge in [0.2, 0.25) is 0 Å². The van der Waals surface area contributed by atoms with Crippen molar-refractivity contribution in [2.75, 3.05) is 31.6 Å². The molecule has 0 fully saturated rings. The van der Waals surface area contributed by atoms with Crippen molar-refractivity contribution in [2.24, 2.45) is 0 Å². The van der Waals surface area contributed by atoms with E-state index in [1.54, 1.807) is 29.2 Å². The first-order valence-corrected chi connectivity index (χ1v) is 11.9. The van der Waals surface area contributed by atoms with Gasteiger partial charge >= 0.3 is 0 Å². The molecule has 6 nitrogen and oxygen atoms in total. The number of sulfonamides is 1. The highest BCUT2D eigenvalue weighted by Crippen LogP contribution is 2.34. The predicted molar refractivity (Wildman–Crippen MR) is 122 cm³/mol. The van der Waals surface area contributed by atoms with E-state index in [9.17, 15) is 13.2 Å².